The maximum Gasteiger partial charge on any atom is 0.162 e. The third-order valence-corrected chi connectivity index (χ3v) is 5.73. The largest absolute Gasteiger partial charge is 0.490 e. The number of rotatable bonds is 3. The van der Waals surface area contributed by atoms with Gasteiger partial charge in [0, 0.05) is 29.2 Å². The number of hydrogen-bond acceptors (Lipinski definition) is 4. The lowest BCUT2D eigenvalue weighted by Gasteiger charge is -2.32. The molecule has 21 heavy (non-hydrogen) atoms. The Labute approximate surface area is 128 Å². The molecule has 1 aromatic carbocycles. The first-order chi connectivity index (χ1) is 10.2. The van der Waals surface area contributed by atoms with Gasteiger partial charge in [0.1, 0.15) is 0 Å². The Morgan fingerprint density at radius 3 is 2.71 bits per heavy atom. The summed E-state index contributed by atoms with van der Waals surface area (Å²) in [5.74, 6) is 2.59. The molecule has 3 atom stereocenters. The molecular weight excluding hydrogens is 286 g/mol. The van der Waals surface area contributed by atoms with Crippen LogP contribution in [0, 0.1) is 5.92 Å². The van der Waals surface area contributed by atoms with Crippen LogP contribution < -0.4 is 14.8 Å². The van der Waals surface area contributed by atoms with Gasteiger partial charge in [-0.2, -0.15) is 0 Å². The summed E-state index contributed by atoms with van der Waals surface area (Å²) in [6, 6.07) is 4.21. The Balaban J connectivity index is 2.01. The third kappa shape index (κ3) is 2.94. The van der Waals surface area contributed by atoms with E-state index in [2.05, 4.69) is 19.2 Å². The molecule has 2 heterocycles. The van der Waals surface area contributed by atoms with Gasteiger partial charge in [0.15, 0.2) is 11.5 Å². The fourth-order valence-corrected chi connectivity index (χ4v) is 4.53. The number of ether oxygens (including phenoxy) is 2. The molecule has 0 saturated carbocycles. The highest BCUT2D eigenvalue weighted by Gasteiger charge is 2.32. The standard InChI is InChI=1S/C16H23NO3S/c1-3-5-17-16-11(2)10-21(18)15-9-14-13(8-12(15)16)19-6-4-7-20-14/h8-9,11,16-17H,3-7,10H2,1-2H3. The van der Waals surface area contributed by atoms with E-state index in [0.717, 1.165) is 41.3 Å². The summed E-state index contributed by atoms with van der Waals surface area (Å²) in [6.45, 7) is 6.63. The minimum absolute atomic E-state index is 0.245. The summed E-state index contributed by atoms with van der Waals surface area (Å²) in [7, 11) is -0.951. The summed E-state index contributed by atoms with van der Waals surface area (Å²) in [5.41, 5.74) is 1.12. The van der Waals surface area contributed by atoms with Gasteiger partial charge in [0.2, 0.25) is 0 Å². The molecule has 1 N–H and O–H groups in total. The zero-order chi connectivity index (χ0) is 14.8. The summed E-state index contributed by atoms with van der Waals surface area (Å²) in [5, 5.41) is 3.59. The molecule has 2 aliphatic heterocycles. The molecule has 3 rings (SSSR count). The van der Waals surface area contributed by atoms with Crippen LogP contribution in [0.5, 0.6) is 11.5 Å². The van der Waals surface area contributed by atoms with Gasteiger partial charge in [-0.05, 0) is 30.5 Å². The van der Waals surface area contributed by atoms with E-state index in [-0.39, 0.29) is 6.04 Å². The molecule has 0 radical (unpaired) electrons. The Bertz CT molecular complexity index is 547. The average molecular weight is 309 g/mol. The minimum Gasteiger partial charge on any atom is -0.490 e. The van der Waals surface area contributed by atoms with Crippen molar-refractivity contribution in [1.82, 2.24) is 5.32 Å². The average Bonchev–Trinajstić information content (AvgIpc) is 2.70. The van der Waals surface area contributed by atoms with Gasteiger partial charge in [0.25, 0.3) is 0 Å². The van der Waals surface area contributed by atoms with Crippen molar-refractivity contribution in [2.45, 2.75) is 37.6 Å². The van der Waals surface area contributed by atoms with E-state index >= 15 is 0 Å². The van der Waals surface area contributed by atoms with Crippen molar-refractivity contribution in [3.63, 3.8) is 0 Å². The van der Waals surface area contributed by atoms with E-state index < -0.39 is 10.8 Å². The number of hydrogen-bond donors (Lipinski definition) is 1. The van der Waals surface area contributed by atoms with E-state index in [4.69, 9.17) is 9.47 Å². The third-order valence-electron chi connectivity index (χ3n) is 4.06. The van der Waals surface area contributed by atoms with Crippen LogP contribution >= 0.6 is 0 Å². The van der Waals surface area contributed by atoms with E-state index in [1.165, 1.54) is 0 Å². The summed E-state index contributed by atoms with van der Waals surface area (Å²) in [4.78, 5) is 0.908. The van der Waals surface area contributed by atoms with E-state index in [0.29, 0.717) is 24.9 Å². The second-order valence-electron chi connectivity index (χ2n) is 5.81. The fourth-order valence-electron chi connectivity index (χ4n) is 2.99. The molecule has 2 aliphatic rings. The fraction of sp³-hybridized carbons (Fsp3) is 0.625. The van der Waals surface area contributed by atoms with Crippen molar-refractivity contribution in [2.75, 3.05) is 25.5 Å². The zero-order valence-corrected chi connectivity index (χ0v) is 13.5. The first-order valence-corrected chi connectivity index (χ1v) is 9.08. The Morgan fingerprint density at radius 2 is 2.00 bits per heavy atom. The van der Waals surface area contributed by atoms with Crippen LogP contribution in [0.2, 0.25) is 0 Å². The molecule has 1 aromatic rings. The smallest absolute Gasteiger partial charge is 0.162 e. The molecule has 0 saturated heterocycles. The Hall–Kier alpha value is -1.07. The van der Waals surface area contributed by atoms with Crippen molar-refractivity contribution < 1.29 is 13.7 Å². The highest BCUT2D eigenvalue weighted by atomic mass is 32.2. The Kier molecular flexibility index (Phi) is 4.50. The number of benzene rings is 1. The zero-order valence-electron chi connectivity index (χ0n) is 12.7. The molecular formula is C16H23NO3S. The van der Waals surface area contributed by atoms with E-state index in [1.54, 1.807) is 0 Å². The first-order valence-electron chi connectivity index (χ1n) is 7.76. The number of fused-ring (bicyclic) bond motifs is 2. The minimum atomic E-state index is -0.951. The molecule has 0 aliphatic carbocycles. The van der Waals surface area contributed by atoms with Gasteiger partial charge in [-0.25, -0.2) is 0 Å². The lowest BCUT2D eigenvalue weighted by molar-refractivity contribution is 0.296. The highest BCUT2D eigenvalue weighted by Crippen LogP contribution is 2.41. The molecule has 3 unspecified atom stereocenters. The van der Waals surface area contributed by atoms with Crippen LogP contribution in [-0.4, -0.2) is 29.7 Å². The molecule has 0 spiro atoms. The van der Waals surface area contributed by atoms with Gasteiger partial charge in [-0.15, -0.1) is 0 Å². The molecule has 0 bridgehead atoms. The topological polar surface area (TPSA) is 47.6 Å². The second-order valence-corrected chi connectivity index (χ2v) is 7.27. The monoisotopic (exact) mass is 309 g/mol. The van der Waals surface area contributed by atoms with Crippen LogP contribution in [0.15, 0.2) is 17.0 Å². The van der Waals surface area contributed by atoms with Crippen LogP contribution in [0.25, 0.3) is 0 Å². The normalized spacial score (nSPS) is 27.8. The quantitative estimate of drug-likeness (QED) is 0.932. The predicted molar refractivity (Wildman–Crippen MR) is 83.5 cm³/mol. The van der Waals surface area contributed by atoms with Gasteiger partial charge >= 0.3 is 0 Å². The predicted octanol–water partition coefficient (Wildman–Crippen LogP) is 2.65. The lowest BCUT2D eigenvalue weighted by atomic mass is 9.94. The maximum absolute atomic E-state index is 12.5. The summed E-state index contributed by atoms with van der Waals surface area (Å²) in [6.07, 6.45) is 1.97. The number of nitrogens with one attached hydrogen (secondary N) is 1. The van der Waals surface area contributed by atoms with Gasteiger partial charge < -0.3 is 14.8 Å². The van der Waals surface area contributed by atoms with E-state index in [1.807, 2.05) is 12.1 Å². The van der Waals surface area contributed by atoms with Crippen LogP contribution in [0.1, 0.15) is 38.3 Å². The van der Waals surface area contributed by atoms with Crippen molar-refractivity contribution >= 4 is 10.8 Å². The molecule has 5 heteroatoms. The van der Waals surface area contributed by atoms with Crippen LogP contribution in [0.4, 0.5) is 0 Å². The Morgan fingerprint density at radius 1 is 1.29 bits per heavy atom. The van der Waals surface area contributed by atoms with Crippen molar-refractivity contribution in [3.05, 3.63) is 17.7 Å². The van der Waals surface area contributed by atoms with Crippen molar-refractivity contribution in [2.24, 2.45) is 5.92 Å². The molecule has 0 aromatic heterocycles. The van der Waals surface area contributed by atoms with Gasteiger partial charge in [-0.3, -0.25) is 4.21 Å². The van der Waals surface area contributed by atoms with Gasteiger partial charge in [-0.1, -0.05) is 13.8 Å². The van der Waals surface area contributed by atoms with Crippen molar-refractivity contribution in [3.8, 4) is 11.5 Å². The molecule has 4 nitrogen and oxygen atoms in total. The van der Waals surface area contributed by atoms with E-state index in [9.17, 15) is 4.21 Å². The van der Waals surface area contributed by atoms with Gasteiger partial charge in [0.05, 0.1) is 24.0 Å². The SMILES string of the molecule is CCCNC1c2cc3c(cc2S(=O)CC1C)OCCCO3. The summed E-state index contributed by atoms with van der Waals surface area (Å²) < 4.78 is 24.0. The second kappa shape index (κ2) is 6.36. The maximum atomic E-state index is 12.5. The summed E-state index contributed by atoms with van der Waals surface area (Å²) >= 11 is 0. The molecule has 0 fully saturated rings. The lowest BCUT2D eigenvalue weighted by Crippen LogP contribution is -2.34. The molecule has 116 valence electrons. The van der Waals surface area contributed by atoms with Crippen LogP contribution in [0.3, 0.4) is 0 Å². The van der Waals surface area contributed by atoms with Crippen molar-refractivity contribution in [1.29, 1.82) is 0 Å². The highest BCUT2D eigenvalue weighted by molar-refractivity contribution is 7.85. The molecule has 0 amide bonds. The first kappa shape index (κ1) is 14.9. The van der Waals surface area contributed by atoms with Crippen LogP contribution in [-0.2, 0) is 10.8 Å².